The number of carbonyl (C=O) groups is 1. The maximum absolute atomic E-state index is 11.3. The summed E-state index contributed by atoms with van der Waals surface area (Å²) in [6.45, 7) is 0. The molecule has 86 valence electrons. The Bertz CT molecular complexity index is 405. The minimum Gasteiger partial charge on any atom is -0.301 e. The molecule has 0 atom stereocenters. The lowest BCUT2D eigenvalue weighted by Gasteiger charge is -2.12. The number of nitro groups is 1. The molecule has 7 nitrogen and oxygen atoms in total. The normalized spacial score (nSPS) is 9.94. The van der Waals surface area contributed by atoms with Gasteiger partial charge in [-0.2, -0.15) is 0 Å². The molecule has 0 fully saturated rings. The third-order valence-electron chi connectivity index (χ3n) is 1.67. The van der Waals surface area contributed by atoms with Gasteiger partial charge in [-0.25, -0.2) is 9.80 Å². The van der Waals surface area contributed by atoms with E-state index in [1.54, 1.807) is 20.2 Å². The highest BCUT2D eigenvalue weighted by Crippen LogP contribution is 2.22. The number of anilines is 1. The van der Waals surface area contributed by atoms with Gasteiger partial charge in [0.2, 0.25) is 0 Å². The van der Waals surface area contributed by atoms with Crippen LogP contribution in [0.15, 0.2) is 24.3 Å². The lowest BCUT2D eigenvalue weighted by Crippen LogP contribution is -2.39. The molecule has 2 N–H and O–H groups in total. The summed E-state index contributed by atoms with van der Waals surface area (Å²) < 4.78 is 0. The molecule has 0 spiro atoms. The van der Waals surface area contributed by atoms with E-state index in [1.165, 1.54) is 23.2 Å². The summed E-state index contributed by atoms with van der Waals surface area (Å²) in [7, 11) is 3.28. The van der Waals surface area contributed by atoms with Crippen LogP contribution in [-0.4, -0.2) is 30.1 Å². The Hall–Kier alpha value is -2.15. The van der Waals surface area contributed by atoms with Crippen LogP contribution in [0.1, 0.15) is 0 Å². The van der Waals surface area contributed by atoms with Gasteiger partial charge in [0.1, 0.15) is 5.69 Å². The average molecular weight is 224 g/mol. The van der Waals surface area contributed by atoms with Gasteiger partial charge < -0.3 is 5.32 Å². The van der Waals surface area contributed by atoms with E-state index in [0.717, 1.165) is 0 Å². The second-order valence-corrected chi connectivity index (χ2v) is 3.23. The van der Waals surface area contributed by atoms with Crippen molar-refractivity contribution in [2.45, 2.75) is 0 Å². The summed E-state index contributed by atoms with van der Waals surface area (Å²) in [6.07, 6.45) is 0. The monoisotopic (exact) mass is 224 g/mol. The second-order valence-electron chi connectivity index (χ2n) is 3.23. The van der Waals surface area contributed by atoms with Crippen molar-refractivity contribution in [2.24, 2.45) is 0 Å². The van der Waals surface area contributed by atoms with Crippen molar-refractivity contribution in [1.29, 1.82) is 0 Å². The molecule has 0 heterocycles. The van der Waals surface area contributed by atoms with E-state index in [-0.39, 0.29) is 11.4 Å². The van der Waals surface area contributed by atoms with Crippen LogP contribution in [0.3, 0.4) is 0 Å². The smallest absolute Gasteiger partial charge is 0.301 e. The van der Waals surface area contributed by atoms with Crippen LogP contribution in [0.25, 0.3) is 0 Å². The second kappa shape index (κ2) is 5.08. The molecule has 0 aliphatic heterocycles. The lowest BCUT2D eigenvalue weighted by atomic mass is 10.3. The maximum atomic E-state index is 11.3. The summed E-state index contributed by atoms with van der Waals surface area (Å²) in [6, 6.07) is 5.41. The Morgan fingerprint density at radius 3 is 2.56 bits per heavy atom. The van der Waals surface area contributed by atoms with Gasteiger partial charge in [-0.1, -0.05) is 12.1 Å². The van der Waals surface area contributed by atoms with E-state index in [9.17, 15) is 14.9 Å². The zero-order chi connectivity index (χ0) is 12.1. The van der Waals surface area contributed by atoms with Crippen molar-refractivity contribution in [3.05, 3.63) is 34.4 Å². The molecular formula is C9H12N4O3. The fraction of sp³-hybridized carbons (Fsp3) is 0.222. The number of urea groups is 1. The largest absolute Gasteiger partial charge is 0.333 e. The molecule has 1 aromatic rings. The first-order valence-electron chi connectivity index (χ1n) is 4.49. The molecule has 7 heteroatoms. The number of amides is 2. The van der Waals surface area contributed by atoms with Crippen molar-refractivity contribution >= 4 is 17.4 Å². The SMILES string of the molecule is CN(C)NC(=O)Nc1ccccc1[N+](=O)[O-]. The third kappa shape index (κ3) is 3.21. The quantitative estimate of drug-likeness (QED) is 0.596. The highest BCUT2D eigenvalue weighted by Gasteiger charge is 2.14. The number of para-hydroxylation sites is 2. The van der Waals surface area contributed by atoms with Gasteiger partial charge in [0.15, 0.2) is 0 Å². The Morgan fingerprint density at radius 1 is 1.38 bits per heavy atom. The summed E-state index contributed by atoms with van der Waals surface area (Å²) >= 11 is 0. The van der Waals surface area contributed by atoms with E-state index in [2.05, 4.69) is 10.7 Å². The predicted octanol–water partition coefficient (Wildman–Crippen LogP) is 1.19. The van der Waals surface area contributed by atoms with Crippen molar-refractivity contribution in [3.8, 4) is 0 Å². The molecule has 0 saturated heterocycles. The van der Waals surface area contributed by atoms with E-state index < -0.39 is 11.0 Å². The topological polar surface area (TPSA) is 87.5 Å². The Labute approximate surface area is 92.2 Å². The van der Waals surface area contributed by atoms with Gasteiger partial charge in [0.05, 0.1) is 4.92 Å². The molecule has 1 aromatic carbocycles. The van der Waals surface area contributed by atoms with Crippen LogP contribution in [-0.2, 0) is 0 Å². The number of hydrazine groups is 1. The third-order valence-corrected chi connectivity index (χ3v) is 1.67. The van der Waals surface area contributed by atoms with E-state index in [4.69, 9.17) is 0 Å². The number of nitrogens with zero attached hydrogens (tertiary/aromatic N) is 2. The summed E-state index contributed by atoms with van der Waals surface area (Å²) in [5.41, 5.74) is 2.43. The fourth-order valence-electron chi connectivity index (χ4n) is 1.09. The number of rotatable bonds is 3. The highest BCUT2D eigenvalue weighted by atomic mass is 16.6. The van der Waals surface area contributed by atoms with Gasteiger partial charge in [0, 0.05) is 20.2 Å². The molecule has 0 aliphatic rings. The first kappa shape index (κ1) is 11.9. The van der Waals surface area contributed by atoms with Gasteiger partial charge in [-0.3, -0.25) is 15.5 Å². The van der Waals surface area contributed by atoms with Crippen molar-refractivity contribution in [3.63, 3.8) is 0 Å². The number of carbonyl (C=O) groups excluding carboxylic acids is 1. The van der Waals surface area contributed by atoms with E-state index in [1.807, 2.05) is 0 Å². The standard InChI is InChI=1S/C9H12N4O3/c1-12(2)11-9(14)10-7-5-3-4-6-8(7)13(15)16/h3-6H,1-2H3,(H2,10,11,14). The zero-order valence-electron chi connectivity index (χ0n) is 8.93. The first-order chi connectivity index (χ1) is 7.50. The van der Waals surface area contributed by atoms with Crippen LogP contribution < -0.4 is 10.7 Å². The molecule has 2 amide bonds. The van der Waals surface area contributed by atoms with Crippen LogP contribution in [0.4, 0.5) is 16.2 Å². The summed E-state index contributed by atoms with van der Waals surface area (Å²) in [5.74, 6) is 0. The molecule has 0 unspecified atom stereocenters. The minimum atomic E-state index is -0.550. The van der Waals surface area contributed by atoms with Gasteiger partial charge in [-0.05, 0) is 6.07 Å². The Balaban J connectivity index is 2.81. The summed E-state index contributed by atoms with van der Waals surface area (Å²) in [5, 5.41) is 14.5. The molecule has 0 radical (unpaired) electrons. The van der Waals surface area contributed by atoms with Crippen LogP contribution in [0, 0.1) is 10.1 Å². The maximum Gasteiger partial charge on any atom is 0.333 e. The van der Waals surface area contributed by atoms with Crippen LogP contribution >= 0.6 is 0 Å². The lowest BCUT2D eigenvalue weighted by molar-refractivity contribution is -0.383. The minimum absolute atomic E-state index is 0.142. The molecule has 0 saturated carbocycles. The van der Waals surface area contributed by atoms with Crippen LogP contribution in [0.2, 0.25) is 0 Å². The van der Waals surface area contributed by atoms with Gasteiger partial charge in [-0.15, -0.1) is 0 Å². The highest BCUT2D eigenvalue weighted by molar-refractivity contribution is 5.91. The Morgan fingerprint density at radius 2 is 2.00 bits per heavy atom. The van der Waals surface area contributed by atoms with Crippen LogP contribution in [0.5, 0.6) is 0 Å². The first-order valence-corrected chi connectivity index (χ1v) is 4.49. The number of nitrogens with one attached hydrogen (secondary N) is 2. The molecule has 0 aliphatic carbocycles. The average Bonchev–Trinajstić information content (AvgIpc) is 2.16. The van der Waals surface area contributed by atoms with Gasteiger partial charge >= 0.3 is 6.03 Å². The van der Waals surface area contributed by atoms with E-state index >= 15 is 0 Å². The molecule has 0 aromatic heterocycles. The number of nitro benzene ring substituents is 1. The van der Waals surface area contributed by atoms with Crippen molar-refractivity contribution in [2.75, 3.05) is 19.4 Å². The molecule has 16 heavy (non-hydrogen) atoms. The Kier molecular flexibility index (Phi) is 3.78. The molecule has 0 bridgehead atoms. The number of benzene rings is 1. The van der Waals surface area contributed by atoms with E-state index in [0.29, 0.717) is 0 Å². The fourth-order valence-corrected chi connectivity index (χ4v) is 1.09. The molecular weight excluding hydrogens is 212 g/mol. The number of hydrogen-bond acceptors (Lipinski definition) is 4. The number of hydrogen-bond donors (Lipinski definition) is 2. The summed E-state index contributed by atoms with van der Waals surface area (Å²) in [4.78, 5) is 21.4. The predicted molar refractivity (Wildman–Crippen MR) is 58.9 cm³/mol. The van der Waals surface area contributed by atoms with Crippen molar-refractivity contribution in [1.82, 2.24) is 10.4 Å². The molecule has 1 rings (SSSR count). The van der Waals surface area contributed by atoms with Gasteiger partial charge in [0.25, 0.3) is 5.69 Å². The zero-order valence-corrected chi connectivity index (χ0v) is 8.93. The van der Waals surface area contributed by atoms with Crippen molar-refractivity contribution < 1.29 is 9.72 Å².